The highest BCUT2D eigenvalue weighted by Gasteiger charge is 2.16. The van der Waals surface area contributed by atoms with E-state index < -0.39 is 7.14 Å². The van der Waals surface area contributed by atoms with E-state index in [4.69, 9.17) is 27.9 Å². The van der Waals surface area contributed by atoms with Crippen LogP contribution in [0.5, 0.6) is 5.75 Å². The van der Waals surface area contributed by atoms with Gasteiger partial charge >= 0.3 is 0 Å². The highest BCUT2D eigenvalue weighted by atomic mass is 35.5. The summed E-state index contributed by atoms with van der Waals surface area (Å²) in [4.78, 5) is 8.59. The second kappa shape index (κ2) is 8.93. The van der Waals surface area contributed by atoms with Gasteiger partial charge in [-0.2, -0.15) is 10.2 Å². The molecule has 0 unspecified atom stereocenters. The summed E-state index contributed by atoms with van der Waals surface area (Å²) < 4.78 is 17.8. The van der Waals surface area contributed by atoms with Gasteiger partial charge in [-0.15, -0.1) is 0 Å². The van der Waals surface area contributed by atoms with E-state index in [9.17, 15) is 9.83 Å². The summed E-state index contributed by atoms with van der Waals surface area (Å²) in [5.74, 6) is 1.09. The Hall–Kier alpha value is -2.78. The summed E-state index contributed by atoms with van der Waals surface area (Å²) in [6.07, 6.45) is 1.43. The molecule has 0 bridgehead atoms. The van der Waals surface area contributed by atoms with Crippen molar-refractivity contribution >= 4 is 58.8 Å². The van der Waals surface area contributed by atoms with Crippen molar-refractivity contribution in [1.29, 1.82) is 5.26 Å². The van der Waals surface area contributed by atoms with Gasteiger partial charge in [0.1, 0.15) is 24.0 Å². The molecule has 0 radical (unpaired) electrons. The molecule has 0 fully saturated rings. The minimum Gasteiger partial charge on any atom is -0.495 e. The molecule has 0 aliphatic carbocycles. The molecule has 0 atom stereocenters. The summed E-state index contributed by atoms with van der Waals surface area (Å²) in [5, 5.41) is 16.8. The van der Waals surface area contributed by atoms with Crippen LogP contribution in [0.25, 0.3) is 0 Å². The summed E-state index contributed by atoms with van der Waals surface area (Å²) in [6, 6.07) is 12.2. The molecule has 10 heteroatoms. The van der Waals surface area contributed by atoms with Gasteiger partial charge in [-0.1, -0.05) is 23.2 Å². The maximum absolute atomic E-state index is 12.4. The predicted molar refractivity (Wildman–Crippen MR) is 122 cm³/mol. The lowest BCUT2D eigenvalue weighted by Crippen LogP contribution is -2.07. The highest BCUT2D eigenvalue weighted by Crippen LogP contribution is 2.38. The van der Waals surface area contributed by atoms with Crippen LogP contribution in [0, 0.1) is 11.3 Å². The Kier molecular flexibility index (Phi) is 6.52. The molecule has 0 saturated carbocycles. The number of methoxy groups -OCH3 is 1. The first-order valence-electron chi connectivity index (χ1n) is 8.71. The number of nitrogens with zero attached hydrogens (tertiary/aromatic N) is 3. The van der Waals surface area contributed by atoms with Crippen LogP contribution in [0.3, 0.4) is 0 Å². The monoisotopic (exact) mass is 461 g/mol. The van der Waals surface area contributed by atoms with E-state index in [1.165, 1.54) is 13.3 Å². The van der Waals surface area contributed by atoms with Crippen molar-refractivity contribution in [3.8, 4) is 11.8 Å². The second-order valence-corrected chi connectivity index (χ2v) is 10.7. The topological polar surface area (TPSA) is 99.9 Å². The number of anilines is 4. The number of nitrogens with one attached hydrogen (secondary N) is 2. The first-order valence-corrected chi connectivity index (χ1v) is 12.1. The van der Waals surface area contributed by atoms with Crippen LogP contribution in [0.2, 0.25) is 10.0 Å². The van der Waals surface area contributed by atoms with Gasteiger partial charge in [0, 0.05) is 10.3 Å². The zero-order chi connectivity index (χ0) is 21.9. The van der Waals surface area contributed by atoms with Gasteiger partial charge in [-0.25, -0.2) is 4.98 Å². The van der Waals surface area contributed by atoms with Crippen LogP contribution in [-0.4, -0.2) is 30.4 Å². The highest BCUT2D eigenvalue weighted by molar-refractivity contribution is 7.70. The molecular weight excluding hydrogens is 444 g/mol. The van der Waals surface area contributed by atoms with Gasteiger partial charge < -0.3 is 19.9 Å². The van der Waals surface area contributed by atoms with Gasteiger partial charge in [0.15, 0.2) is 5.82 Å². The Morgan fingerprint density at radius 1 is 1.10 bits per heavy atom. The maximum Gasteiger partial charge on any atom is 0.229 e. The molecule has 0 aliphatic heterocycles. The van der Waals surface area contributed by atoms with E-state index in [1.807, 2.05) is 0 Å². The zero-order valence-corrected chi connectivity index (χ0v) is 18.8. The number of rotatable bonds is 6. The largest absolute Gasteiger partial charge is 0.495 e. The van der Waals surface area contributed by atoms with E-state index in [1.54, 1.807) is 49.7 Å². The molecule has 1 heterocycles. The van der Waals surface area contributed by atoms with Crippen molar-refractivity contribution in [2.45, 2.75) is 0 Å². The third kappa shape index (κ3) is 5.03. The molecule has 0 aliphatic rings. The number of benzene rings is 2. The van der Waals surface area contributed by atoms with Crippen molar-refractivity contribution < 1.29 is 9.30 Å². The first-order chi connectivity index (χ1) is 14.2. The van der Waals surface area contributed by atoms with Gasteiger partial charge in [-0.05, 0) is 49.7 Å². The number of ether oxygens (including phenoxy) is 1. The van der Waals surface area contributed by atoms with E-state index in [0.29, 0.717) is 38.8 Å². The number of halogens is 2. The summed E-state index contributed by atoms with van der Waals surface area (Å²) in [6.45, 7) is 3.39. The van der Waals surface area contributed by atoms with Gasteiger partial charge in [0.25, 0.3) is 0 Å². The molecule has 7 nitrogen and oxygen atoms in total. The molecule has 0 amide bonds. The fourth-order valence-corrected chi connectivity index (χ4v) is 3.79. The van der Waals surface area contributed by atoms with Crippen molar-refractivity contribution in [2.75, 3.05) is 31.1 Å². The fourth-order valence-electron chi connectivity index (χ4n) is 2.61. The van der Waals surface area contributed by atoms with Crippen LogP contribution < -0.4 is 20.7 Å². The standard InChI is InChI=1S/C20H18Cl2N5O2P/c1-29-18-7-5-14(30(2,3)28)9-17(18)26-20-24-11-15(22)19(27-20)25-16-6-4-13(21)8-12(16)10-23/h4-9,11H,1-3H3,(H2,24,25,26,27). The minimum atomic E-state index is -2.47. The molecule has 154 valence electrons. The summed E-state index contributed by atoms with van der Waals surface area (Å²) in [5.41, 5.74) is 1.42. The Morgan fingerprint density at radius 3 is 2.53 bits per heavy atom. The number of nitriles is 1. The minimum absolute atomic E-state index is 0.242. The predicted octanol–water partition coefficient (Wildman–Crippen LogP) is 5.40. The van der Waals surface area contributed by atoms with E-state index >= 15 is 0 Å². The lowest BCUT2D eigenvalue weighted by molar-refractivity contribution is 0.417. The molecule has 0 spiro atoms. The Balaban J connectivity index is 1.95. The second-order valence-electron chi connectivity index (χ2n) is 6.68. The molecule has 3 rings (SSSR count). The number of hydrogen-bond acceptors (Lipinski definition) is 7. The smallest absolute Gasteiger partial charge is 0.229 e. The molecule has 30 heavy (non-hydrogen) atoms. The van der Waals surface area contributed by atoms with Gasteiger partial charge in [0.05, 0.1) is 30.2 Å². The Labute approximate surface area is 184 Å². The van der Waals surface area contributed by atoms with Crippen LogP contribution in [0.4, 0.5) is 23.1 Å². The van der Waals surface area contributed by atoms with Gasteiger partial charge in [0.2, 0.25) is 5.95 Å². The van der Waals surface area contributed by atoms with Crippen molar-refractivity contribution in [2.24, 2.45) is 0 Å². The van der Waals surface area contributed by atoms with Crippen LogP contribution in [0.15, 0.2) is 42.6 Å². The lowest BCUT2D eigenvalue weighted by Gasteiger charge is -2.15. The molecule has 1 aromatic heterocycles. The third-order valence-electron chi connectivity index (χ3n) is 4.15. The molecule has 2 aromatic carbocycles. The average Bonchev–Trinajstić information content (AvgIpc) is 2.71. The quantitative estimate of drug-likeness (QED) is 0.474. The fraction of sp³-hybridized carbons (Fsp3) is 0.150. The van der Waals surface area contributed by atoms with Crippen molar-refractivity contribution in [3.05, 3.63) is 58.2 Å². The summed E-state index contributed by atoms with van der Waals surface area (Å²) >= 11 is 12.2. The summed E-state index contributed by atoms with van der Waals surface area (Å²) in [7, 11) is -0.929. The molecule has 2 N–H and O–H groups in total. The first kappa shape index (κ1) is 21.9. The maximum atomic E-state index is 12.4. The van der Waals surface area contributed by atoms with E-state index in [2.05, 4.69) is 26.7 Å². The Bertz CT molecular complexity index is 1190. The van der Waals surface area contributed by atoms with Crippen molar-refractivity contribution in [1.82, 2.24) is 9.97 Å². The normalized spacial score (nSPS) is 10.9. The molecular formula is C20H18Cl2N5O2P. The SMILES string of the molecule is COc1ccc(P(C)(C)=O)cc1Nc1ncc(Cl)c(Nc2ccc(Cl)cc2C#N)n1. The van der Waals surface area contributed by atoms with Crippen molar-refractivity contribution in [3.63, 3.8) is 0 Å². The Morgan fingerprint density at radius 2 is 1.87 bits per heavy atom. The van der Waals surface area contributed by atoms with Crippen LogP contribution in [0.1, 0.15) is 5.56 Å². The van der Waals surface area contributed by atoms with E-state index in [0.717, 1.165) is 0 Å². The van der Waals surface area contributed by atoms with Crippen LogP contribution >= 0.6 is 30.3 Å². The number of aromatic nitrogens is 2. The lowest BCUT2D eigenvalue weighted by atomic mass is 10.2. The molecule has 3 aromatic rings. The van der Waals surface area contributed by atoms with Gasteiger partial charge in [-0.3, -0.25) is 0 Å². The van der Waals surface area contributed by atoms with E-state index in [-0.39, 0.29) is 11.0 Å². The van der Waals surface area contributed by atoms with Crippen LogP contribution in [-0.2, 0) is 4.57 Å². The number of hydrogen-bond donors (Lipinski definition) is 2. The average molecular weight is 462 g/mol. The third-order valence-corrected chi connectivity index (χ3v) is 6.18. The zero-order valence-electron chi connectivity index (χ0n) is 16.4. The molecule has 0 saturated heterocycles.